The molecule has 2 fully saturated rings. The van der Waals surface area contributed by atoms with Crippen LogP contribution in [0.4, 0.5) is 0 Å². The molecule has 4 heteroatoms. The maximum atomic E-state index is 12.1. The van der Waals surface area contributed by atoms with Gasteiger partial charge in [0.1, 0.15) is 6.04 Å². The molecule has 2 aliphatic rings. The molecule has 104 valence electrons. The van der Waals surface area contributed by atoms with Gasteiger partial charge in [-0.05, 0) is 25.7 Å². The van der Waals surface area contributed by atoms with Crippen LogP contribution in [0, 0.1) is 5.92 Å². The van der Waals surface area contributed by atoms with Crippen molar-refractivity contribution in [1.29, 1.82) is 0 Å². The minimum atomic E-state index is 0.0422. The van der Waals surface area contributed by atoms with E-state index in [2.05, 4.69) is 15.5 Å². The quantitative estimate of drug-likeness (QED) is 0.785. The van der Waals surface area contributed by atoms with Gasteiger partial charge in [0, 0.05) is 32.7 Å². The second kappa shape index (κ2) is 7.10. The number of hydrogen-bond acceptors (Lipinski definition) is 3. The maximum Gasteiger partial charge on any atom is 0.238 e. The summed E-state index contributed by atoms with van der Waals surface area (Å²) < 4.78 is 0. The summed E-state index contributed by atoms with van der Waals surface area (Å²) in [6.45, 7) is 6.66. The van der Waals surface area contributed by atoms with Crippen molar-refractivity contribution >= 4 is 5.91 Å². The molecule has 1 saturated heterocycles. The zero-order chi connectivity index (χ0) is 12.8. The Hall–Kier alpha value is -0.610. The first-order chi connectivity index (χ1) is 8.81. The van der Waals surface area contributed by atoms with Crippen molar-refractivity contribution in [3.63, 3.8) is 0 Å². The van der Waals surface area contributed by atoms with Gasteiger partial charge in [0.15, 0.2) is 0 Å². The van der Waals surface area contributed by atoms with E-state index in [9.17, 15) is 4.79 Å². The Morgan fingerprint density at radius 2 is 2.11 bits per heavy atom. The first-order valence-electron chi connectivity index (χ1n) is 7.53. The van der Waals surface area contributed by atoms with Crippen molar-refractivity contribution in [2.75, 3.05) is 32.7 Å². The number of amides is 1. The molecule has 2 N–H and O–H groups in total. The Balaban J connectivity index is 1.88. The maximum absolute atomic E-state index is 12.1. The molecular weight excluding hydrogens is 226 g/mol. The third kappa shape index (κ3) is 3.69. The minimum absolute atomic E-state index is 0.0422. The molecule has 2 rings (SSSR count). The summed E-state index contributed by atoms with van der Waals surface area (Å²) in [6, 6.07) is 0.0422. The van der Waals surface area contributed by atoms with Crippen LogP contribution < -0.4 is 10.6 Å². The van der Waals surface area contributed by atoms with E-state index in [-0.39, 0.29) is 11.9 Å². The number of piperazine rings is 1. The first kappa shape index (κ1) is 13.8. The van der Waals surface area contributed by atoms with E-state index < -0.39 is 0 Å². The van der Waals surface area contributed by atoms with E-state index >= 15 is 0 Å². The largest absolute Gasteiger partial charge is 0.355 e. The normalized spacial score (nSPS) is 27.1. The van der Waals surface area contributed by atoms with E-state index in [4.69, 9.17) is 0 Å². The second-order valence-corrected chi connectivity index (χ2v) is 5.61. The third-order valence-corrected chi connectivity index (χ3v) is 4.23. The second-order valence-electron chi connectivity index (χ2n) is 5.61. The highest BCUT2D eigenvalue weighted by molar-refractivity contribution is 5.82. The number of hydrogen-bond donors (Lipinski definition) is 2. The number of carbonyl (C=O) groups is 1. The topological polar surface area (TPSA) is 44.4 Å². The number of nitrogens with one attached hydrogen (secondary N) is 2. The molecule has 1 atom stereocenters. The Morgan fingerprint density at radius 3 is 2.83 bits per heavy atom. The average Bonchev–Trinajstić information content (AvgIpc) is 2.41. The van der Waals surface area contributed by atoms with Gasteiger partial charge < -0.3 is 10.6 Å². The van der Waals surface area contributed by atoms with Crippen molar-refractivity contribution in [1.82, 2.24) is 15.5 Å². The summed E-state index contributed by atoms with van der Waals surface area (Å²) in [5.41, 5.74) is 0. The summed E-state index contributed by atoms with van der Waals surface area (Å²) in [5.74, 6) is 1.01. The van der Waals surface area contributed by atoms with E-state index in [0.29, 0.717) is 0 Å². The van der Waals surface area contributed by atoms with Crippen molar-refractivity contribution in [3.8, 4) is 0 Å². The lowest BCUT2D eigenvalue weighted by molar-refractivity contribution is -0.127. The summed E-state index contributed by atoms with van der Waals surface area (Å²) in [6.07, 6.45) is 6.86. The molecule has 18 heavy (non-hydrogen) atoms. The minimum Gasteiger partial charge on any atom is -0.355 e. The van der Waals surface area contributed by atoms with Crippen LogP contribution in [0.2, 0.25) is 0 Å². The number of likely N-dealkylation sites (N-methyl/N-ethyl adjacent to an activating group) is 1. The van der Waals surface area contributed by atoms with Crippen LogP contribution in [-0.2, 0) is 4.79 Å². The van der Waals surface area contributed by atoms with Crippen molar-refractivity contribution in [2.24, 2.45) is 5.92 Å². The highest BCUT2D eigenvalue weighted by Crippen LogP contribution is 2.25. The van der Waals surface area contributed by atoms with Crippen molar-refractivity contribution < 1.29 is 4.79 Å². The summed E-state index contributed by atoms with van der Waals surface area (Å²) in [5, 5.41) is 6.30. The van der Waals surface area contributed by atoms with Crippen LogP contribution in [0.5, 0.6) is 0 Å². The van der Waals surface area contributed by atoms with Gasteiger partial charge >= 0.3 is 0 Å². The summed E-state index contributed by atoms with van der Waals surface area (Å²) >= 11 is 0. The van der Waals surface area contributed by atoms with Crippen LogP contribution in [0.15, 0.2) is 0 Å². The lowest BCUT2D eigenvalue weighted by Crippen LogP contribution is -2.58. The van der Waals surface area contributed by atoms with Gasteiger partial charge in [-0.2, -0.15) is 0 Å². The number of rotatable bonds is 4. The summed E-state index contributed by atoms with van der Waals surface area (Å²) in [4.78, 5) is 14.5. The predicted molar refractivity (Wildman–Crippen MR) is 73.5 cm³/mol. The molecule has 1 unspecified atom stereocenters. The van der Waals surface area contributed by atoms with Crippen LogP contribution >= 0.6 is 0 Å². The van der Waals surface area contributed by atoms with Gasteiger partial charge in [-0.1, -0.05) is 19.3 Å². The van der Waals surface area contributed by atoms with Gasteiger partial charge in [-0.3, -0.25) is 9.69 Å². The van der Waals surface area contributed by atoms with Crippen molar-refractivity contribution in [3.05, 3.63) is 0 Å². The molecule has 1 aliphatic heterocycles. The highest BCUT2D eigenvalue weighted by atomic mass is 16.2. The zero-order valence-electron chi connectivity index (χ0n) is 11.6. The van der Waals surface area contributed by atoms with Crippen LogP contribution in [0.3, 0.4) is 0 Å². The molecule has 1 amide bonds. The lowest BCUT2D eigenvalue weighted by Gasteiger charge is -2.38. The number of nitrogens with zero attached hydrogens (tertiary/aromatic N) is 1. The third-order valence-electron chi connectivity index (χ3n) is 4.23. The molecule has 1 aliphatic carbocycles. The van der Waals surface area contributed by atoms with Crippen LogP contribution in [-0.4, -0.2) is 49.6 Å². The zero-order valence-corrected chi connectivity index (χ0v) is 11.6. The standard InChI is InChI=1S/C14H27N3O/c1-2-16-14(18)13-10-15-8-9-17(13)11-12-6-4-3-5-7-12/h12-13,15H,2-11H2,1H3,(H,16,18). The van der Waals surface area contributed by atoms with E-state index in [1.54, 1.807) is 0 Å². The fourth-order valence-corrected chi connectivity index (χ4v) is 3.22. The van der Waals surface area contributed by atoms with E-state index in [1.165, 1.54) is 32.1 Å². The fraction of sp³-hybridized carbons (Fsp3) is 0.929. The average molecular weight is 253 g/mol. The first-order valence-corrected chi connectivity index (χ1v) is 7.53. The molecule has 1 saturated carbocycles. The Kier molecular flexibility index (Phi) is 5.45. The van der Waals surface area contributed by atoms with E-state index in [1.807, 2.05) is 6.92 Å². The van der Waals surface area contributed by atoms with Gasteiger partial charge in [-0.25, -0.2) is 0 Å². The lowest BCUT2D eigenvalue weighted by atomic mass is 9.88. The van der Waals surface area contributed by atoms with Gasteiger partial charge in [0.25, 0.3) is 0 Å². The Bertz CT molecular complexity index is 264. The molecule has 0 aromatic heterocycles. The van der Waals surface area contributed by atoms with Crippen LogP contribution in [0.25, 0.3) is 0 Å². The molecule has 0 aromatic rings. The highest BCUT2D eigenvalue weighted by Gasteiger charge is 2.30. The molecular formula is C14H27N3O. The van der Waals surface area contributed by atoms with Crippen LogP contribution in [0.1, 0.15) is 39.0 Å². The van der Waals surface area contributed by atoms with Gasteiger partial charge in [0.05, 0.1) is 0 Å². The summed E-state index contributed by atoms with van der Waals surface area (Å²) in [7, 11) is 0. The Morgan fingerprint density at radius 1 is 1.33 bits per heavy atom. The number of carbonyl (C=O) groups excluding carboxylic acids is 1. The smallest absolute Gasteiger partial charge is 0.238 e. The predicted octanol–water partition coefficient (Wildman–Crippen LogP) is 0.977. The van der Waals surface area contributed by atoms with Gasteiger partial charge in [-0.15, -0.1) is 0 Å². The SMILES string of the molecule is CCNC(=O)C1CNCCN1CC1CCCCC1. The molecule has 0 spiro atoms. The van der Waals surface area contributed by atoms with Gasteiger partial charge in [0.2, 0.25) is 5.91 Å². The van der Waals surface area contributed by atoms with Crippen molar-refractivity contribution in [2.45, 2.75) is 45.1 Å². The molecule has 0 radical (unpaired) electrons. The molecule has 4 nitrogen and oxygen atoms in total. The monoisotopic (exact) mass is 253 g/mol. The fourth-order valence-electron chi connectivity index (χ4n) is 3.22. The molecule has 1 heterocycles. The van der Waals surface area contributed by atoms with E-state index in [0.717, 1.165) is 38.6 Å². The molecule has 0 bridgehead atoms. The Labute approximate surface area is 110 Å². The molecule has 0 aromatic carbocycles.